The molecule has 1 heterocycles. The number of hydrogen-bond acceptors (Lipinski definition) is 5. The van der Waals surface area contributed by atoms with Crippen LogP contribution in [0.15, 0.2) is 56.8 Å². The molecule has 0 saturated heterocycles. The molecule has 0 unspecified atom stereocenters. The smallest absolute Gasteiger partial charge is 0.249 e. The molecule has 9 heteroatoms. The van der Waals surface area contributed by atoms with Gasteiger partial charge in [0.05, 0.1) is 28.0 Å². The number of benzene rings is 2. The van der Waals surface area contributed by atoms with Crippen LogP contribution in [-0.4, -0.2) is 31.8 Å². The van der Waals surface area contributed by atoms with E-state index in [2.05, 4.69) is 20.9 Å². The fraction of sp³-hybridized carbons (Fsp3) is 0.222. The van der Waals surface area contributed by atoms with Gasteiger partial charge < -0.3 is 9.30 Å². The van der Waals surface area contributed by atoms with Crippen molar-refractivity contribution in [2.45, 2.75) is 11.3 Å². The van der Waals surface area contributed by atoms with Gasteiger partial charge in [0.2, 0.25) is 5.91 Å². The minimum absolute atomic E-state index is 0.161. The summed E-state index contributed by atoms with van der Waals surface area (Å²) in [5.41, 5.74) is 0.959. The van der Waals surface area contributed by atoms with Crippen molar-refractivity contribution in [2.75, 3.05) is 12.9 Å². The fourth-order valence-electron chi connectivity index (χ4n) is 2.50. The van der Waals surface area contributed by atoms with E-state index in [1.165, 1.54) is 30.6 Å². The van der Waals surface area contributed by atoms with E-state index in [-0.39, 0.29) is 17.1 Å². The molecule has 0 aliphatic rings. The average Bonchev–Trinajstić information content (AvgIpc) is 2.95. The zero-order valence-electron chi connectivity index (χ0n) is 14.7. The normalized spacial score (nSPS) is 12.5. The molecule has 0 N–H and O–H groups in total. The molecule has 3 aromatic rings. The fourth-order valence-corrected chi connectivity index (χ4v) is 5.32. The number of sulfone groups is 1. The van der Waals surface area contributed by atoms with Gasteiger partial charge in [-0.05, 0) is 42.5 Å². The molecule has 0 radical (unpaired) electrons. The SMILES string of the molecule is COc1ccc(S(=O)(=O)CCC(=O)N=c2sc3cc(Br)ccc3n2C)cc1. The number of fused-ring (bicyclic) bond motifs is 1. The van der Waals surface area contributed by atoms with Crippen molar-refractivity contribution in [3.63, 3.8) is 0 Å². The first-order valence-corrected chi connectivity index (χ1v) is 11.3. The number of methoxy groups -OCH3 is 1. The van der Waals surface area contributed by atoms with Crippen LogP contribution in [0.4, 0.5) is 0 Å². The third kappa shape index (κ3) is 4.48. The summed E-state index contributed by atoms with van der Waals surface area (Å²) in [4.78, 5) is 17.0. The third-order valence-corrected chi connectivity index (χ3v) is 7.31. The zero-order chi connectivity index (χ0) is 19.6. The summed E-state index contributed by atoms with van der Waals surface area (Å²) in [7, 11) is -0.222. The van der Waals surface area contributed by atoms with Crippen LogP contribution in [-0.2, 0) is 21.7 Å². The molecule has 6 nitrogen and oxygen atoms in total. The Morgan fingerprint density at radius 3 is 2.59 bits per heavy atom. The Morgan fingerprint density at radius 1 is 1.22 bits per heavy atom. The number of aryl methyl sites for hydroxylation is 1. The van der Waals surface area contributed by atoms with Gasteiger partial charge in [0.15, 0.2) is 14.6 Å². The van der Waals surface area contributed by atoms with Gasteiger partial charge in [-0.15, -0.1) is 0 Å². The number of halogens is 1. The molecule has 0 fully saturated rings. The number of ether oxygens (including phenoxy) is 1. The molecule has 0 bridgehead atoms. The topological polar surface area (TPSA) is 77.7 Å². The molecule has 142 valence electrons. The van der Waals surface area contributed by atoms with Crippen LogP contribution in [0.5, 0.6) is 5.75 Å². The van der Waals surface area contributed by atoms with Crippen molar-refractivity contribution in [1.29, 1.82) is 0 Å². The predicted molar refractivity (Wildman–Crippen MR) is 109 cm³/mol. The standard InChI is InChI=1S/C18H17BrN2O4S2/c1-21-15-8-3-12(19)11-16(15)26-18(21)20-17(22)9-10-27(23,24)14-6-4-13(25-2)5-7-14/h3-8,11H,9-10H2,1-2H3. The van der Waals surface area contributed by atoms with Crippen LogP contribution in [0.1, 0.15) is 6.42 Å². The largest absolute Gasteiger partial charge is 0.497 e. The Balaban J connectivity index is 1.77. The highest BCUT2D eigenvalue weighted by molar-refractivity contribution is 9.10. The number of nitrogens with zero attached hydrogens (tertiary/aromatic N) is 2. The molecule has 27 heavy (non-hydrogen) atoms. The van der Waals surface area contributed by atoms with Crippen LogP contribution in [0.2, 0.25) is 0 Å². The van der Waals surface area contributed by atoms with Crippen LogP contribution in [0, 0.1) is 0 Å². The first-order valence-electron chi connectivity index (χ1n) is 7.99. The van der Waals surface area contributed by atoms with Gasteiger partial charge in [-0.25, -0.2) is 8.42 Å². The molecule has 1 amide bonds. The molecule has 0 atom stereocenters. The summed E-state index contributed by atoms with van der Waals surface area (Å²) in [5.74, 6) is -0.181. The second kappa shape index (κ2) is 7.95. The van der Waals surface area contributed by atoms with Gasteiger partial charge in [0, 0.05) is 17.9 Å². The lowest BCUT2D eigenvalue weighted by atomic mass is 10.3. The molecule has 1 aromatic heterocycles. The lowest BCUT2D eigenvalue weighted by Crippen LogP contribution is -2.15. The van der Waals surface area contributed by atoms with Crippen LogP contribution < -0.4 is 9.54 Å². The van der Waals surface area contributed by atoms with Crippen LogP contribution in [0.25, 0.3) is 10.2 Å². The molecule has 0 aliphatic carbocycles. The summed E-state index contributed by atoms with van der Waals surface area (Å²) in [6, 6.07) is 11.9. The Morgan fingerprint density at radius 2 is 1.93 bits per heavy atom. The summed E-state index contributed by atoms with van der Waals surface area (Å²) >= 11 is 4.80. The summed E-state index contributed by atoms with van der Waals surface area (Å²) < 4.78 is 33.6. The number of carbonyl (C=O) groups is 1. The van der Waals surface area contributed by atoms with Crippen molar-refractivity contribution >= 4 is 53.2 Å². The minimum atomic E-state index is -3.56. The lowest BCUT2D eigenvalue weighted by molar-refractivity contribution is -0.117. The van der Waals surface area contributed by atoms with Crippen molar-refractivity contribution in [3.8, 4) is 5.75 Å². The Labute approximate surface area is 169 Å². The van der Waals surface area contributed by atoms with E-state index in [4.69, 9.17) is 4.74 Å². The predicted octanol–water partition coefficient (Wildman–Crippen LogP) is 3.30. The number of amides is 1. The number of aromatic nitrogens is 1. The second-order valence-electron chi connectivity index (χ2n) is 5.81. The van der Waals surface area contributed by atoms with E-state index in [0.717, 1.165) is 14.7 Å². The number of thiazole rings is 1. The molecular formula is C18H17BrN2O4S2. The Kier molecular flexibility index (Phi) is 5.83. The van der Waals surface area contributed by atoms with Gasteiger partial charge in [0.25, 0.3) is 0 Å². The highest BCUT2D eigenvalue weighted by Crippen LogP contribution is 2.21. The molecule has 0 spiro atoms. The molecule has 0 saturated carbocycles. The maximum Gasteiger partial charge on any atom is 0.249 e. The second-order valence-corrected chi connectivity index (χ2v) is 9.84. The highest BCUT2D eigenvalue weighted by Gasteiger charge is 2.16. The van der Waals surface area contributed by atoms with Crippen LogP contribution >= 0.6 is 27.3 Å². The summed E-state index contributed by atoms with van der Waals surface area (Å²) in [6.07, 6.45) is -0.174. The maximum atomic E-state index is 12.4. The monoisotopic (exact) mass is 468 g/mol. The first-order chi connectivity index (χ1) is 12.8. The van der Waals surface area contributed by atoms with E-state index in [9.17, 15) is 13.2 Å². The molecular weight excluding hydrogens is 452 g/mol. The van der Waals surface area contributed by atoms with Gasteiger partial charge >= 0.3 is 0 Å². The molecule has 3 rings (SSSR count). The van der Waals surface area contributed by atoms with Gasteiger partial charge in [-0.3, -0.25) is 4.79 Å². The quantitative estimate of drug-likeness (QED) is 0.575. The minimum Gasteiger partial charge on any atom is -0.497 e. The van der Waals surface area contributed by atoms with E-state index in [1.54, 1.807) is 12.1 Å². The van der Waals surface area contributed by atoms with Crippen molar-refractivity contribution in [3.05, 3.63) is 51.7 Å². The van der Waals surface area contributed by atoms with E-state index < -0.39 is 15.7 Å². The number of hydrogen-bond donors (Lipinski definition) is 0. The van der Waals surface area contributed by atoms with E-state index in [0.29, 0.717) is 10.6 Å². The zero-order valence-corrected chi connectivity index (χ0v) is 17.9. The average molecular weight is 469 g/mol. The van der Waals surface area contributed by atoms with E-state index >= 15 is 0 Å². The van der Waals surface area contributed by atoms with Crippen LogP contribution in [0.3, 0.4) is 0 Å². The Bertz CT molecular complexity index is 1160. The van der Waals surface area contributed by atoms with Gasteiger partial charge in [-0.2, -0.15) is 4.99 Å². The summed E-state index contributed by atoms with van der Waals surface area (Å²) in [5, 5.41) is 0. The molecule has 0 aliphatic heterocycles. The van der Waals surface area contributed by atoms with Crippen molar-refractivity contribution < 1.29 is 17.9 Å². The van der Waals surface area contributed by atoms with Crippen molar-refractivity contribution in [1.82, 2.24) is 4.57 Å². The highest BCUT2D eigenvalue weighted by atomic mass is 79.9. The third-order valence-electron chi connectivity index (χ3n) is 3.99. The number of carbonyl (C=O) groups excluding carboxylic acids is 1. The first kappa shape index (κ1) is 19.8. The van der Waals surface area contributed by atoms with Gasteiger partial charge in [0.1, 0.15) is 5.75 Å². The lowest BCUT2D eigenvalue weighted by Gasteiger charge is -2.04. The maximum absolute atomic E-state index is 12.4. The van der Waals surface area contributed by atoms with E-state index in [1.807, 2.05) is 29.8 Å². The molecule has 2 aromatic carbocycles. The Hall–Kier alpha value is -1.97. The summed E-state index contributed by atoms with van der Waals surface area (Å²) in [6.45, 7) is 0. The van der Waals surface area contributed by atoms with Gasteiger partial charge in [-0.1, -0.05) is 27.3 Å². The number of rotatable bonds is 5. The van der Waals surface area contributed by atoms with Crippen molar-refractivity contribution in [2.24, 2.45) is 12.0 Å².